The SMILES string of the molecule is CC[Si](CC)(CC)O[C@H](C(=O)OC1CC(C)CCC1C(C)C)c1c(C)cc2c(c1O)CCN2S(=O)(=O)C(F)(F)F. The van der Waals surface area contributed by atoms with Gasteiger partial charge in [0.05, 0.1) is 5.69 Å². The average molecular weight is 608 g/mol. The van der Waals surface area contributed by atoms with Gasteiger partial charge in [0.1, 0.15) is 11.9 Å². The molecule has 1 saturated carbocycles. The molecule has 4 atom stereocenters. The van der Waals surface area contributed by atoms with Crippen molar-refractivity contribution in [2.45, 2.75) is 110 Å². The predicted molar refractivity (Wildman–Crippen MR) is 151 cm³/mol. The van der Waals surface area contributed by atoms with Crippen molar-refractivity contribution in [2.24, 2.45) is 17.8 Å². The van der Waals surface area contributed by atoms with Crippen LogP contribution in [0, 0.1) is 24.7 Å². The van der Waals surface area contributed by atoms with Gasteiger partial charge in [0, 0.05) is 17.7 Å². The van der Waals surface area contributed by atoms with Crippen LogP contribution in [0.4, 0.5) is 18.9 Å². The molecular formula is C28H44F3NO6SSi. The third-order valence-corrected chi connectivity index (χ3v) is 15.2. The van der Waals surface area contributed by atoms with E-state index in [1.165, 1.54) is 6.07 Å². The Morgan fingerprint density at radius 3 is 2.30 bits per heavy atom. The molecule has 1 aliphatic heterocycles. The molecule has 228 valence electrons. The highest BCUT2D eigenvalue weighted by Crippen LogP contribution is 2.47. The maximum atomic E-state index is 14.0. The maximum absolute atomic E-state index is 14.0. The summed E-state index contributed by atoms with van der Waals surface area (Å²) in [5.41, 5.74) is -5.24. The number of aryl methyl sites for hydroxylation is 1. The number of nitrogens with zero attached hydrogens (tertiary/aromatic N) is 1. The van der Waals surface area contributed by atoms with E-state index in [4.69, 9.17) is 9.16 Å². The Kier molecular flexibility index (Phi) is 9.99. The van der Waals surface area contributed by atoms with Gasteiger partial charge in [-0.25, -0.2) is 4.79 Å². The topological polar surface area (TPSA) is 93.1 Å². The number of phenols is 1. The van der Waals surface area contributed by atoms with E-state index >= 15 is 0 Å². The summed E-state index contributed by atoms with van der Waals surface area (Å²) >= 11 is 0. The fraction of sp³-hybridized carbons (Fsp3) is 0.750. The first kappa shape index (κ1) is 32.7. The number of alkyl halides is 3. The Labute approximate surface area is 237 Å². The quantitative estimate of drug-likeness (QED) is 0.228. The molecule has 0 spiro atoms. The lowest BCUT2D eigenvalue weighted by Gasteiger charge is -2.39. The molecule has 0 saturated heterocycles. The number of fused-ring (bicyclic) bond motifs is 1. The van der Waals surface area contributed by atoms with E-state index in [-0.39, 0.29) is 45.1 Å². The van der Waals surface area contributed by atoms with Gasteiger partial charge >= 0.3 is 21.5 Å². The van der Waals surface area contributed by atoms with Gasteiger partial charge in [0.2, 0.25) is 0 Å². The number of esters is 1. The number of sulfonamides is 1. The molecule has 3 unspecified atom stereocenters. The van der Waals surface area contributed by atoms with Gasteiger partial charge in [-0.2, -0.15) is 21.6 Å². The molecule has 1 N–H and O–H groups in total. The van der Waals surface area contributed by atoms with E-state index in [1.54, 1.807) is 6.92 Å². The predicted octanol–water partition coefficient (Wildman–Crippen LogP) is 6.98. The minimum Gasteiger partial charge on any atom is -0.507 e. The zero-order chi connectivity index (χ0) is 30.2. The molecule has 1 aromatic carbocycles. The summed E-state index contributed by atoms with van der Waals surface area (Å²) in [5.74, 6) is -0.147. The Morgan fingerprint density at radius 2 is 1.77 bits per heavy atom. The van der Waals surface area contributed by atoms with E-state index < -0.39 is 48.2 Å². The summed E-state index contributed by atoms with van der Waals surface area (Å²) in [6, 6.07) is 3.47. The number of carbonyl (C=O) groups is 1. The first-order valence-electron chi connectivity index (χ1n) is 14.4. The third kappa shape index (κ3) is 6.18. The highest BCUT2D eigenvalue weighted by molar-refractivity contribution is 7.93. The van der Waals surface area contributed by atoms with Gasteiger partial charge in [-0.05, 0) is 73.7 Å². The molecule has 0 aromatic heterocycles. The minimum absolute atomic E-state index is 0.0536. The van der Waals surface area contributed by atoms with E-state index in [2.05, 4.69) is 20.8 Å². The van der Waals surface area contributed by atoms with Gasteiger partial charge in [-0.1, -0.05) is 48.0 Å². The highest BCUT2D eigenvalue weighted by Gasteiger charge is 2.52. The number of rotatable bonds is 10. The number of aromatic hydroxyl groups is 1. The number of benzene rings is 1. The Morgan fingerprint density at radius 1 is 1.18 bits per heavy atom. The van der Waals surface area contributed by atoms with Crippen LogP contribution in [0.5, 0.6) is 5.75 Å². The Hall–Kier alpha value is -1.79. The van der Waals surface area contributed by atoms with Gasteiger partial charge in [-0.3, -0.25) is 4.31 Å². The highest BCUT2D eigenvalue weighted by atomic mass is 32.2. The summed E-state index contributed by atoms with van der Waals surface area (Å²) in [7, 11) is -8.10. The molecule has 1 heterocycles. The van der Waals surface area contributed by atoms with E-state index in [0.717, 1.165) is 37.4 Å². The largest absolute Gasteiger partial charge is 0.516 e. The number of phenolic OH excluding ortho intramolecular Hbond substituents is 1. The number of carbonyl (C=O) groups excluding carboxylic acids is 1. The standard InChI is InChI=1S/C28H44F3NO6SSi/c1-8-40(9-2,10-3)38-26(27(34)37-23-15-18(6)11-12-20(23)17(4)5)24-19(7)16-22-21(25(24)33)13-14-32(22)39(35,36)28(29,30)31/h16-18,20,23,26,33H,8-15H2,1-7H3/t18?,20?,23?,26-/m0/s1. The van der Waals surface area contributed by atoms with Gasteiger partial charge < -0.3 is 14.3 Å². The zero-order valence-corrected chi connectivity index (χ0v) is 26.4. The number of ether oxygens (including phenoxy) is 1. The van der Waals surface area contributed by atoms with Crippen molar-refractivity contribution in [2.75, 3.05) is 10.8 Å². The van der Waals surface area contributed by atoms with Crippen molar-refractivity contribution in [1.82, 2.24) is 0 Å². The fourth-order valence-electron chi connectivity index (χ4n) is 6.29. The van der Waals surface area contributed by atoms with Gasteiger partial charge in [-0.15, -0.1) is 0 Å². The molecule has 1 aliphatic carbocycles. The van der Waals surface area contributed by atoms with Crippen LogP contribution < -0.4 is 4.31 Å². The fourth-order valence-corrected chi connectivity index (χ4v) is 10.0. The van der Waals surface area contributed by atoms with Crippen LogP contribution in [0.1, 0.15) is 83.6 Å². The first-order chi connectivity index (χ1) is 18.5. The van der Waals surface area contributed by atoms with E-state index in [1.807, 2.05) is 20.8 Å². The van der Waals surface area contributed by atoms with Crippen molar-refractivity contribution in [3.8, 4) is 5.75 Å². The molecule has 40 heavy (non-hydrogen) atoms. The van der Waals surface area contributed by atoms with Crippen LogP contribution >= 0.6 is 0 Å². The zero-order valence-electron chi connectivity index (χ0n) is 24.6. The summed E-state index contributed by atoms with van der Waals surface area (Å²) in [4.78, 5) is 14.0. The lowest BCUT2D eigenvalue weighted by atomic mass is 9.75. The molecule has 0 bridgehead atoms. The third-order valence-electron chi connectivity index (χ3n) is 9.05. The average Bonchev–Trinajstić information content (AvgIpc) is 3.30. The second-order valence-corrected chi connectivity index (χ2v) is 18.3. The van der Waals surface area contributed by atoms with Crippen molar-refractivity contribution in [3.63, 3.8) is 0 Å². The molecule has 12 heteroatoms. The van der Waals surface area contributed by atoms with Crippen LogP contribution in [-0.2, 0) is 30.4 Å². The first-order valence-corrected chi connectivity index (χ1v) is 18.3. The lowest BCUT2D eigenvalue weighted by molar-refractivity contribution is -0.165. The minimum atomic E-state index is -5.65. The monoisotopic (exact) mass is 607 g/mol. The Bertz CT molecular complexity index is 1180. The molecule has 1 fully saturated rings. The smallest absolute Gasteiger partial charge is 0.507 e. The van der Waals surface area contributed by atoms with Crippen molar-refractivity contribution in [3.05, 3.63) is 22.8 Å². The number of anilines is 1. The number of hydrogen-bond acceptors (Lipinski definition) is 6. The van der Waals surface area contributed by atoms with E-state index in [9.17, 15) is 31.5 Å². The molecule has 0 amide bonds. The molecule has 0 radical (unpaired) electrons. The normalized spacial score (nSPS) is 22.9. The summed E-state index contributed by atoms with van der Waals surface area (Å²) < 4.78 is 77.7. The number of halogens is 3. The lowest BCUT2D eigenvalue weighted by Crippen LogP contribution is -2.42. The second kappa shape index (κ2) is 12.2. The van der Waals surface area contributed by atoms with Gasteiger partial charge in [0.25, 0.3) is 0 Å². The molecular weight excluding hydrogens is 563 g/mol. The van der Waals surface area contributed by atoms with E-state index in [0.29, 0.717) is 11.8 Å². The van der Waals surface area contributed by atoms with Crippen LogP contribution in [0.15, 0.2) is 6.07 Å². The molecule has 1 aromatic rings. The second-order valence-electron chi connectivity index (χ2n) is 11.8. The van der Waals surface area contributed by atoms with Crippen LogP contribution in [0.3, 0.4) is 0 Å². The molecule has 3 rings (SSSR count). The van der Waals surface area contributed by atoms with Crippen LogP contribution in [0.25, 0.3) is 0 Å². The summed E-state index contributed by atoms with van der Waals surface area (Å²) in [5, 5.41) is 11.4. The van der Waals surface area contributed by atoms with Crippen LogP contribution in [0.2, 0.25) is 18.1 Å². The molecule has 2 aliphatic rings. The Balaban J connectivity index is 2.10. The summed E-state index contributed by atoms with van der Waals surface area (Å²) in [6.45, 7) is 13.5. The molecule has 7 nitrogen and oxygen atoms in total. The van der Waals surface area contributed by atoms with Crippen LogP contribution in [-0.4, -0.2) is 46.0 Å². The maximum Gasteiger partial charge on any atom is 0.516 e. The van der Waals surface area contributed by atoms with Crippen molar-refractivity contribution in [1.29, 1.82) is 0 Å². The van der Waals surface area contributed by atoms with Gasteiger partial charge in [0.15, 0.2) is 14.4 Å². The van der Waals surface area contributed by atoms with Crippen molar-refractivity contribution < 1.29 is 40.7 Å². The number of hydrogen-bond donors (Lipinski definition) is 1. The summed E-state index contributed by atoms with van der Waals surface area (Å²) in [6.07, 6.45) is 1.00. The van der Waals surface area contributed by atoms with Crippen molar-refractivity contribution >= 4 is 30.0 Å².